The van der Waals surface area contributed by atoms with Crippen molar-refractivity contribution in [2.45, 2.75) is 19.8 Å². The third-order valence-corrected chi connectivity index (χ3v) is 3.24. The van der Waals surface area contributed by atoms with Gasteiger partial charge in [-0.1, -0.05) is 5.16 Å². The molecule has 0 heterocycles. The van der Waals surface area contributed by atoms with Crippen molar-refractivity contribution < 1.29 is 9.60 Å². The lowest BCUT2D eigenvalue weighted by atomic mass is 10.1. The monoisotopic (exact) mass is 251 g/mol. The number of oxime groups is 1. The summed E-state index contributed by atoms with van der Waals surface area (Å²) in [5.74, 6) is 0.275. The van der Waals surface area contributed by atoms with E-state index in [1.54, 1.807) is 6.07 Å². The van der Waals surface area contributed by atoms with Crippen molar-refractivity contribution in [3.8, 4) is 0 Å². The Bertz CT molecular complexity index is 458. The second-order valence-electron chi connectivity index (χ2n) is 4.63. The first kappa shape index (κ1) is 12.7. The third kappa shape index (κ3) is 2.72. The van der Waals surface area contributed by atoms with Gasteiger partial charge in [-0.05, 0) is 43.9 Å². The highest BCUT2D eigenvalue weighted by atomic mass is 19.1. The molecule has 2 rings (SSSR count). The smallest absolute Gasteiger partial charge is 0.172 e. The maximum absolute atomic E-state index is 13.3. The second kappa shape index (κ2) is 5.25. The zero-order valence-corrected chi connectivity index (χ0v) is 10.4. The molecule has 0 atom stereocenters. The number of hydrogen-bond donors (Lipinski definition) is 2. The van der Waals surface area contributed by atoms with Crippen LogP contribution in [0.3, 0.4) is 0 Å². The van der Waals surface area contributed by atoms with Crippen LogP contribution in [-0.2, 0) is 0 Å². The molecule has 18 heavy (non-hydrogen) atoms. The fraction of sp³-hybridized carbons (Fsp3) is 0.462. The van der Waals surface area contributed by atoms with Crippen molar-refractivity contribution in [3.05, 3.63) is 29.6 Å². The number of nitrogens with two attached hydrogens (primary N) is 1. The van der Waals surface area contributed by atoms with Crippen LogP contribution in [-0.4, -0.2) is 24.1 Å². The molecule has 1 saturated carbocycles. The van der Waals surface area contributed by atoms with Crippen LogP contribution in [0, 0.1) is 11.7 Å². The molecule has 1 aromatic carbocycles. The highest BCUT2D eigenvalue weighted by molar-refractivity contribution is 6.02. The summed E-state index contributed by atoms with van der Waals surface area (Å²) in [5, 5.41) is 11.7. The van der Waals surface area contributed by atoms with Gasteiger partial charge in [0.1, 0.15) is 5.82 Å². The first-order valence-electron chi connectivity index (χ1n) is 6.18. The van der Waals surface area contributed by atoms with E-state index >= 15 is 0 Å². The Hall–Kier alpha value is -1.78. The summed E-state index contributed by atoms with van der Waals surface area (Å²) >= 11 is 0. The van der Waals surface area contributed by atoms with Gasteiger partial charge in [-0.15, -0.1) is 0 Å². The molecule has 0 bridgehead atoms. The number of anilines is 1. The molecule has 1 fully saturated rings. The Morgan fingerprint density at radius 1 is 1.56 bits per heavy atom. The first-order valence-corrected chi connectivity index (χ1v) is 6.18. The van der Waals surface area contributed by atoms with E-state index in [1.165, 1.54) is 25.0 Å². The number of rotatable bonds is 5. The van der Waals surface area contributed by atoms with Crippen LogP contribution in [0.4, 0.5) is 10.1 Å². The van der Waals surface area contributed by atoms with Crippen LogP contribution in [0.5, 0.6) is 0 Å². The molecule has 0 unspecified atom stereocenters. The molecule has 0 radical (unpaired) electrons. The minimum absolute atomic E-state index is 0.0567. The van der Waals surface area contributed by atoms with Crippen molar-refractivity contribution in [1.29, 1.82) is 0 Å². The average Bonchev–Trinajstić information content (AvgIpc) is 3.19. The number of nitrogens with zero attached hydrogens (tertiary/aromatic N) is 2. The molecular formula is C13H18FN3O. The van der Waals surface area contributed by atoms with E-state index in [0.29, 0.717) is 5.56 Å². The topological polar surface area (TPSA) is 61.8 Å². The highest BCUT2D eigenvalue weighted by Crippen LogP contribution is 2.32. The van der Waals surface area contributed by atoms with Gasteiger partial charge in [-0.25, -0.2) is 4.39 Å². The molecule has 3 N–H and O–H groups in total. The summed E-state index contributed by atoms with van der Waals surface area (Å²) in [6.45, 7) is 3.80. The zero-order chi connectivity index (χ0) is 13.1. The second-order valence-corrected chi connectivity index (χ2v) is 4.63. The number of halogens is 1. The van der Waals surface area contributed by atoms with Gasteiger partial charge >= 0.3 is 0 Å². The van der Waals surface area contributed by atoms with Crippen LogP contribution >= 0.6 is 0 Å². The average molecular weight is 251 g/mol. The molecule has 0 saturated heterocycles. The van der Waals surface area contributed by atoms with Gasteiger partial charge in [0.2, 0.25) is 0 Å². The SMILES string of the molecule is CCN(CC1CC1)c1ccc(F)cc1C(N)=NO. The zero-order valence-electron chi connectivity index (χ0n) is 10.4. The molecule has 0 amide bonds. The molecular weight excluding hydrogens is 233 g/mol. The Balaban J connectivity index is 2.34. The first-order chi connectivity index (χ1) is 8.65. The Morgan fingerprint density at radius 3 is 2.83 bits per heavy atom. The van der Waals surface area contributed by atoms with Crippen LogP contribution in [0.2, 0.25) is 0 Å². The van der Waals surface area contributed by atoms with E-state index < -0.39 is 0 Å². The quantitative estimate of drug-likeness (QED) is 0.365. The maximum atomic E-state index is 13.3. The largest absolute Gasteiger partial charge is 0.409 e. The van der Waals surface area contributed by atoms with E-state index in [-0.39, 0.29) is 11.7 Å². The summed E-state index contributed by atoms with van der Waals surface area (Å²) in [6.07, 6.45) is 2.49. The van der Waals surface area contributed by atoms with Gasteiger partial charge in [0.25, 0.3) is 0 Å². The van der Waals surface area contributed by atoms with Crippen LogP contribution in [0.1, 0.15) is 25.3 Å². The molecule has 0 spiro atoms. The van der Waals surface area contributed by atoms with Crippen LogP contribution in [0.15, 0.2) is 23.4 Å². The summed E-state index contributed by atoms with van der Waals surface area (Å²) in [5.41, 5.74) is 6.87. The number of benzene rings is 1. The summed E-state index contributed by atoms with van der Waals surface area (Å²) in [6, 6.07) is 4.40. The van der Waals surface area contributed by atoms with Crippen molar-refractivity contribution >= 4 is 11.5 Å². The number of amidine groups is 1. The Morgan fingerprint density at radius 2 is 2.28 bits per heavy atom. The van der Waals surface area contributed by atoms with Gasteiger partial charge in [0.15, 0.2) is 5.84 Å². The molecule has 1 aromatic rings. The number of hydrogen-bond acceptors (Lipinski definition) is 3. The van der Waals surface area contributed by atoms with E-state index in [9.17, 15) is 4.39 Å². The summed E-state index contributed by atoms with van der Waals surface area (Å²) in [7, 11) is 0. The normalized spacial score (nSPS) is 15.8. The van der Waals surface area contributed by atoms with Gasteiger partial charge in [-0.2, -0.15) is 0 Å². The summed E-state index contributed by atoms with van der Waals surface area (Å²) in [4.78, 5) is 2.14. The Kier molecular flexibility index (Phi) is 3.69. The van der Waals surface area contributed by atoms with E-state index in [1.807, 2.05) is 6.92 Å². The van der Waals surface area contributed by atoms with Crippen molar-refractivity contribution in [3.63, 3.8) is 0 Å². The lowest BCUT2D eigenvalue weighted by Gasteiger charge is -2.25. The van der Waals surface area contributed by atoms with Crippen molar-refractivity contribution in [1.82, 2.24) is 0 Å². The predicted octanol–water partition coefficient (Wildman–Crippen LogP) is 2.16. The van der Waals surface area contributed by atoms with E-state index in [2.05, 4.69) is 10.1 Å². The minimum atomic E-state index is -0.386. The molecule has 1 aliphatic rings. The lowest BCUT2D eigenvalue weighted by Crippen LogP contribution is -2.28. The Labute approximate surface area is 106 Å². The fourth-order valence-corrected chi connectivity index (χ4v) is 2.05. The van der Waals surface area contributed by atoms with Gasteiger partial charge in [0.05, 0.1) is 0 Å². The van der Waals surface area contributed by atoms with E-state index in [4.69, 9.17) is 10.9 Å². The maximum Gasteiger partial charge on any atom is 0.172 e. The molecule has 1 aliphatic carbocycles. The van der Waals surface area contributed by atoms with Crippen LogP contribution < -0.4 is 10.6 Å². The van der Waals surface area contributed by atoms with Gasteiger partial charge < -0.3 is 15.8 Å². The highest BCUT2D eigenvalue weighted by Gasteiger charge is 2.25. The standard InChI is InChI=1S/C13H18FN3O/c1-2-17(8-9-3-4-9)12-6-5-10(14)7-11(12)13(15)16-18/h5-7,9,18H,2-4,8H2,1H3,(H2,15,16). The van der Waals surface area contributed by atoms with Crippen molar-refractivity contribution in [2.24, 2.45) is 16.8 Å². The molecule has 5 heteroatoms. The third-order valence-electron chi connectivity index (χ3n) is 3.24. The minimum Gasteiger partial charge on any atom is -0.409 e. The van der Waals surface area contributed by atoms with Crippen molar-refractivity contribution in [2.75, 3.05) is 18.0 Å². The summed E-state index contributed by atoms with van der Waals surface area (Å²) < 4.78 is 13.3. The van der Waals surface area contributed by atoms with Gasteiger partial charge in [-0.3, -0.25) is 0 Å². The molecule has 98 valence electrons. The van der Waals surface area contributed by atoms with E-state index in [0.717, 1.165) is 24.7 Å². The molecule has 0 aliphatic heterocycles. The lowest BCUT2D eigenvalue weighted by molar-refractivity contribution is 0.318. The van der Waals surface area contributed by atoms with Gasteiger partial charge in [0, 0.05) is 24.3 Å². The van der Waals surface area contributed by atoms with Crippen LogP contribution in [0.25, 0.3) is 0 Å². The fourth-order valence-electron chi connectivity index (χ4n) is 2.05. The predicted molar refractivity (Wildman–Crippen MR) is 69.5 cm³/mol. The molecule has 0 aromatic heterocycles. The molecule has 4 nitrogen and oxygen atoms in total.